The molecule has 0 saturated carbocycles. The maximum atomic E-state index is 12.6. The Morgan fingerprint density at radius 1 is 1.21 bits per heavy atom. The van der Waals surface area contributed by atoms with E-state index in [2.05, 4.69) is 33.4 Å². The molecule has 1 atom stereocenters. The molecule has 0 radical (unpaired) electrons. The maximum Gasteiger partial charge on any atom is 0.343 e. The van der Waals surface area contributed by atoms with Crippen molar-refractivity contribution >= 4 is 18.1 Å². The predicted octanol–water partition coefficient (Wildman–Crippen LogP) is 6.96. The fourth-order valence-electron chi connectivity index (χ4n) is 2.90. The molecule has 1 unspecified atom stereocenters. The van der Waals surface area contributed by atoms with Gasteiger partial charge < -0.3 is 9.84 Å². The Kier molecular flexibility index (Phi) is 8.02. The minimum absolute atomic E-state index is 0.0996. The summed E-state index contributed by atoms with van der Waals surface area (Å²) in [6.45, 7) is 11.9. The molecule has 2 rings (SSSR count). The van der Waals surface area contributed by atoms with Gasteiger partial charge in [0, 0.05) is 0 Å². The van der Waals surface area contributed by atoms with Crippen LogP contribution in [0.1, 0.15) is 60.7 Å². The predicted molar refractivity (Wildman–Crippen MR) is 121 cm³/mol. The summed E-state index contributed by atoms with van der Waals surface area (Å²) in [6, 6.07) is 10.5. The zero-order chi connectivity index (χ0) is 21.4. The molecule has 3 heteroatoms. The standard InChI is InChI=1S/C26H30O3/c1-6-21-11-13-22(14-12-21)26(28)29-25-17-20(5)16-24(27)23(25)15-10-19(4)9-7-8-18(2)3/h6,8,10-17,19,27H,1,7,9H2,2-5H3/b15-10+. The highest BCUT2D eigenvalue weighted by atomic mass is 16.5. The van der Waals surface area contributed by atoms with Gasteiger partial charge >= 0.3 is 5.97 Å². The molecule has 0 saturated heterocycles. The van der Waals surface area contributed by atoms with Gasteiger partial charge in [-0.1, -0.05) is 55.5 Å². The number of rotatable bonds is 8. The van der Waals surface area contributed by atoms with Crippen molar-refractivity contribution in [2.24, 2.45) is 5.92 Å². The third-order valence-electron chi connectivity index (χ3n) is 4.62. The number of esters is 1. The van der Waals surface area contributed by atoms with E-state index in [1.54, 1.807) is 30.3 Å². The average molecular weight is 391 g/mol. The van der Waals surface area contributed by atoms with Gasteiger partial charge in [-0.3, -0.25) is 0 Å². The summed E-state index contributed by atoms with van der Waals surface area (Å²) in [7, 11) is 0. The van der Waals surface area contributed by atoms with Gasteiger partial charge in [-0.25, -0.2) is 4.79 Å². The second-order valence-corrected chi connectivity index (χ2v) is 7.61. The van der Waals surface area contributed by atoms with E-state index in [0.29, 0.717) is 22.8 Å². The number of aryl methyl sites for hydroxylation is 1. The quantitative estimate of drug-likeness (QED) is 0.301. The molecule has 0 aliphatic heterocycles. The summed E-state index contributed by atoms with van der Waals surface area (Å²) in [6.07, 6.45) is 9.84. The lowest BCUT2D eigenvalue weighted by Gasteiger charge is -2.12. The Morgan fingerprint density at radius 3 is 2.52 bits per heavy atom. The van der Waals surface area contributed by atoms with Gasteiger partial charge in [0.05, 0.1) is 11.1 Å². The molecule has 0 bridgehead atoms. The van der Waals surface area contributed by atoms with E-state index < -0.39 is 5.97 Å². The van der Waals surface area contributed by atoms with Gasteiger partial charge in [-0.05, 0) is 74.9 Å². The van der Waals surface area contributed by atoms with Gasteiger partial charge in [0.1, 0.15) is 11.5 Å². The Morgan fingerprint density at radius 2 is 1.90 bits per heavy atom. The normalized spacial score (nSPS) is 11.9. The molecule has 0 heterocycles. The van der Waals surface area contributed by atoms with E-state index in [1.165, 1.54) is 5.57 Å². The Bertz CT molecular complexity index is 914. The van der Waals surface area contributed by atoms with Crippen molar-refractivity contribution < 1.29 is 14.6 Å². The van der Waals surface area contributed by atoms with E-state index in [0.717, 1.165) is 24.0 Å². The van der Waals surface area contributed by atoms with E-state index in [4.69, 9.17) is 4.74 Å². The van der Waals surface area contributed by atoms with Gasteiger partial charge in [0.25, 0.3) is 0 Å². The summed E-state index contributed by atoms with van der Waals surface area (Å²) in [5.74, 6) is 0.328. The number of hydrogen-bond acceptors (Lipinski definition) is 3. The Balaban J connectivity index is 2.20. The molecular weight excluding hydrogens is 360 g/mol. The molecule has 1 N–H and O–H groups in total. The van der Waals surface area contributed by atoms with Crippen molar-refractivity contribution in [2.45, 2.75) is 40.5 Å². The van der Waals surface area contributed by atoms with Crippen molar-refractivity contribution in [3.05, 3.63) is 83.0 Å². The smallest absolute Gasteiger partial charge is 0.343 e. The number of hydrogen-bond donors (Lipinski definition) is 1. The zero-order valence-corrected chi connectivity index (χ0v) is 17.7. The zero-order valence-electron chi connectivity index (χ0n) is 17.7. The highest BCUT2D eigenvalue weighted by Gasteiger charge is 2.14. The topological polar surface area (TPSA) is 46.5 Å². The largest absolute Gasteiger partial charge is 0.507 e. The third-order valence-corrected chi connectivity index (χ3v) is 4.62. The first-order valence-electron chi connectivity index (χ1n) is 9.90. The van der Waals surface area contributed by atoms with Crippen LogP contribution in [-0.2, 0) is 0 Å². The molecule has 0 amide bonds. The molecular formula is C26H30O3. The number of allylic oxidation sites excluding steroid dienone is 3. The van der Waals surface area contributed by atoms with E-state index >= 15 is 0 Å². The SMILES string of the molecule is C=Cc1ccc(C(=O)Oc2cc(C)cc(O)c2/C=C/C(C)CCC=C(C)C)cc1. The monoisotopic (exact) mass is 390 g/mol. The second kappa shape index (κ2) is 10.5. The van der Waals surface area contributed by atoms with Crippen molar-refractivity contribution in [3.63, 3.8) is 0 Å². The molecule has 0 aliphatic rings. The van der Waals surface area contributed by atoms with Gasteiger partial charge in [0.15, 0.2) is 0 Å². The average Bonchev–Trinajstić information content (AvgIpc) is 2.67. The number of ether oxygens (including phenoxy) is 1. The number of phenolic OH excluding ortho intramolecular Hbond substituents is 1. The van der Waals surface area contributed by atoms with Crippen LogP contribution >= 0.6 is 0 Å². The van der Waals surface area contributed by atoms with Crippen LogP contribution in [0.2, 0.25) is 0 Å². The minimum atomic E-state index is -0.461. The van der Waals surface area contributed by atoms with Crippen molar-refractivity contribution in [3.8, 4) is 11.5 Å². The lowest BCUT2D eigenvalue weighted by atomic mass is 10.0. The van der Waals surface area contributed by atoms with Crippen molar-refractivity contribution in [2.75, 3.05) is 0 Å². The van der Waals surface area contributed by atoms with Crippen LogP contribution in [0.5, 0.6) is 11.5 Å². The summed E-state index contributed by atoms with van der Waals surface area (Å²) < 4.78 is 5.63. The van der Waals surface area contributed by atoms with Gasteiger partial charge in [-0.2, -0.15) is 0 Å². The third kappa shape index (κ3) is 6.79. The van der Waals surface area contributed by atoms with Crippen LogP contribution in [0.25, 0.3) is 12.2 Å². The van der Waals surface area contributed by atoms with Gasteiger partial charge in [0.2, 0.25) is 0 Å². The summed E-state index contributed by atoms with van der Waals surface area (Å²) >= 11 is 0. The van der Waals surface area contributed by atoms with Crippen LogP contribution in [0.3, 0.4) is 0 Å². The molecule has 29 heavy (non-hydrogen) atoms. The number of carbonyl (C=O) groups excluding carboxylic acids is 1. The molecule has 152 valence electrons. The van der Waals surface area contributed by atoms with Gasteiger partial charge in [-0.15, -0.1) is 0 Å². The Labute approximate surface area is 174 Å². The Hall–Kier alpha value is -3.07. The van der Waals surface area contributed by atoms with E-state index in [1.807, 2.05) is 31.2 Å². The van der Waals surface area contributed by atoms with E-state index in [9.17, 15) is 9.90 Å². The first kappa shape index (κ1) is 22.2. The van der Waals surface area contributed by atoms with Crippen molar-refractivity contribution in [1.82, 2.24) is 0 Å². The summed E-state index contributed by atoms with van der Waals surface area (Å²) in [5, 5.41) is 10.4. The molecule has 3 nitrogen and oxygen atoms in total. The molecule has 2 aromatic rings. The van der Waals surface area contributed by atoms with Crippen LogP contribution in [0.15, 0.2) is 60.7 Å². The fraction of sp³-hybridized carbons (Fsp3) is 0.269. The molecule has 0 fully saturated rings. The number of phenols is 1. The maximum absolute atomic E-state index is 12.6. The number of aromatic hydroxyl groups is 1. The van der Waals surface area contributed by atoms with Crippen molar-refractivity contribution in [1.29, 1.82) is 0 Å². The molecule has 0 aliphatic carbocycles. The van der Waals surface area contributed by atoms with Crippen LogP contribution in [0.4, 0.5) is 0 Å². The lowest BCUT2D eigenvalue weighted by molar-refractivity contribution is 0.0734. The van der Waals surface area contributed by atoms with Crippen LogP contribution in [-0.4, -0.2) is 11.1 Å². The lowest BCUT2D eigenvalue weighted by Crippen LogP contribution is -2.09. The minimum Gasteiger partial charge on any atom is -0.507 e. The second-order valence-electron chi connectivity index (χ2n) is 7.61. The highest BCUT2D eigenvalue weighted by molar-refractivity contribution is 5.92. The number of benzene rings is 2. The van der Waals surface area contributed by atoms with Crippen LogP contribution in [0, 0.1) is 12.8 Å². The van der Waals surface area contributed by atoms with E-state index in [-0.39, 0.29) is 5.75 Å². The summed E-state index contributed by atoms with van der Waals surface area (Å²) in [4.78, 5) is 12.6. The highest BCUT2D eigenvalue weighted by Crippen LogP contribution is 2.32. The number of carbonyl (C=O) groups is 1. The molecule has 0 aromatic heterocycles. The first-order valence-corrected chi connectivity index (χ1v) is 9.90. The fourth-order valence-corrected chi connectivity index (χ4v) is 2.90. The molecule has 2 aromatic carbocycles. The summed E-state index contributed by atoms with van der Waals surface area (Å²) in [5.41, 5.74) is 4.02. The molecule has 0 spiro atoms. The first-order chi connectivity index (χ1) is 13.8. The van der Waals surface area contributed by atoms with Crippen LogP contribution < -0.4 is 4.74 Å².